The van der Waals surface area contributed by atoms with Crippen LogP contribution in [0.3, 0.4) is 0 Å². The fraction of sp³-hybridized carbons (Fsp3) is 0.522. The molecule has 6 rings (SSSR count). The van der Waals surface area contributed by atoms with E-state index in [2.05, 4.69) is 27.8 Å². The van der Waals surface area contributed by atoms with Crippen LogP contribution in [0.1, 0.15) is 45.4 Å². The number of nitrogens with zero attached hydrogens (tertiary/aromatic N) is 2. The molecule has 0 saturated heterocycles. The molecular formula is C23H27N5O. The lowest BCUT2D eigenvalue weighted by Gasteiger charge is -2.59. The Labute approximate surface area is 170 Å². The number of aromatic nitrogens is 2. The first kappa shape index (κ1) is 18.2. The zero-order valence-corrected chi connectivity index (χ0v) is 16.7. The number of hydrogen-bond donors (Lipinski definition) is 3. The maximum absolute atomic E-state index is 12.8. The number of aromatic amines is 1. The summed E-state index contributed by atoms with van der Waals surface area (Å²) in [7, 11) is 0. The summed E-state index contributed by atoms with van der Waals surface area (Å²) >= 11 is 0. The molecule has 0 radical (unpaired) electrons. The van der Waals surface area contributed by atoms with E-state index in [0.29, 0.717) is 0 Å². The minimum Gasteiger partial charge on any atom is -0.360 e. The molecule has 1 aromatic heterocycles. The summed E-state index contributed by atoms with van der Waals surface area (Å²) in [5, 5.41) is 23.7. The topological polar surface area (TPSA) is 93.6 Å². The largest absolute Gasteiger partial charge is 0.360 e. The molecule has 4 saturated carbocycles. The summed E-state index contributed by atoms with van der Waals surface area (Å²) in [6, 6.07) is 7.90. The monoisotopic (exact) mass is 389 g/mol. The van der Waals surface area contributed by atoms with Crippen LogP contribution in [0.2, 0.25) is 0 Å². The van der Waals surface area contributed by atoms with Gasteiger partial charge in [0.15, 0.2) is 0 Å². The maximum atomic E-state index is 12.8. The molecule has 4 fully saturated rings. The maximum Gasteiger partial charge on any atom is 0.263 e. The molecular weight excluding hydrogens is 362 g/mol. The highest BCUT2D eigenvalue weighted by Gasteiger charge is 2.53. The first-order valence-electron chi connectivity index (χ1n) is 10.7. The number of amides is 1. The van der Waals surface area contributed by atoms with Gasteiger partial charge in [0.25, 0.3) is 5.91 Å². The van der Waals surface area contributed by atoms with Crippen LogP contribution in [-0.4, -0.2) is 22.1 Å². The van der Waals surface area contributed by atoms with Crippen molar-refractivity contribution < 1.29 is 4.79 Å². The van der Waals surface area contributed by atoms with Gasteiger partial charge in [-0.05, 0) is 86.8 Å². The third kappa shape index (κ3) is 3.29. The summed E-state index contributed by atoms with van der Waals surface area (Å²) in [5.41, 5.74) is 2.04. The summed E-state index contributed by atoms with van der Waals surface area (Å²) < 4.78 is 0. The van der Waals surface area contributed by atoms with Gasteiger partial charge in [-0.15, -0.1) is 0 Å². The Hall–Kier alpha value is -2.81. The number of nitriles is 1. The van der Waals surface area contributed by atoms with E-state index < -0.39 is 0 Å². The molecule has 1 amide bonds. The Bertz CT molecular complexity index is 978. The van der Waals surface area contributed by atoms with Crippen LogP contribution in [0, 0.1) is 34.5 Å². The zero-order chi connectivity index (χ0) is 20.0. The number of hydrogen-bond acceptors (Lipinski definition) is 4. The van der Waals surface area contributed by atoms with Gasteiger partial charge in [-0.3, -0.25) is 9.89 Å². The Balaban J connectivity index is 1.27. The van der Waals surface area contributed by atoms with Gasteiger partial charge in [-0.2, -0.15) is 10.4 Å². The van der Waals surface area contributed by atoms with Gasteiger partial charge < -0.3 is 10.6 Å². The van der Waals surface area contributed by atoms with Crippen molar-refractivity contribution in [2.24, 2.45) is 23.2 Å². The minimum atomic E-state index is -0.286. The number of carbonyl (C=O) groups excluding carboxylic acids is 1. The molecule has 4 bridgehead atoms. The van der Waals surface area contributed by atoms with E-state index in [1.165, 1.54) is 44.7 Å². The van der Waals surface area contributed by atoms with E-state index in [4.69, 9.17) is 0 Å². The van der Waals surface area contributed by atoms with Crippen molar-refractivity contribution in [3.05, 3.63) is 36.2 Å². The van der Waals surface area contributed by atoms with Crippen LogP contribution < -0.4 is 10.6 Å². The lowest BCUT2D eigenvalue weighted by molar-refractivity contribution is -0.122. The summed E-state index contributed by atoms with van der Waals surface area (Å²) in [6.07, 6.45) is 11.1. The quantitative estimate of drug-likeness (QED) is 0.530. The van der Waals surface area contributed by atoms with Crippen molar-refractivity contribution in [1.29, 1.82) is 5.26 Å². The highest BCUT2D eigenvalue weighted by atomic mass is 16.1. The van der Waals surface area contributed by atoms with Crippen molar-refractivity contribution in [3.63, 3.8) is 0 Å². The Kier molecular flexibility index (Phi) is 4.34. The van der Waals surface area contributed by atoms with Crippen molar-refractivity contribution in [2.75, 3.05) is 5.32 Å². The van der Waals surface area contributed by atoms with Crippen molar-refractivity contribution in [2.45, 2.75) is 51.5 Å². The number of benzene rings is 1. The number of nitrogens with one attached hydrogen (secondary N) is 3. The second kappa shape index (κ2) is 6.91. The molecule has 1 aromatic carbocycles. The van der Waals surface area contributed by atoms with Gasteiger partial charge in [-0.25, -0.2) is 0 Å². The molecule has 1 atom stereocenters. The van der Waals surface area contributed by atoms with Crippen LogP contribution in [0.15, 0.2) is 36.2 Å². The summed E-state index contributed by atoms with van der Waals surface area (Å²) in [5.74, 6) is 2.23. The first-order valence-corrected chi connectivity index (χ1v) is 10.7. The third-order valence-electron chi connectivity index (χ3n) is 7.54. The van der Waals surface area contributed by atoms with E-state index in [-0.39, 0.29) is 22.9 Å². The molecule has 2 aromatic rings. The molecule has 0 aliphatic heterocycles. The molecule has 6 nitrogen and oxygen atoms in total. The van der Waals surface area contributed by atoms with Crippen LogP contribution in [-0.2, 0) is 4.79 Å². The molecule has 1 unspecified atom stereocenters. The van der Waals surface area contributed by atoms with Gasteiger partial charge in [0, 0.05) is 23.3 Å². The fourth-order valence-electron chi connectivity index (χ4n) is 6.47. The van der Waals surface area contributed by atoms with E-state index >= 15 is 0 Å². The minimum absolute atomic E-state index is 0.0986. The standard InChI is InChI=1S/C23H27N5O/c1-14(23-8-15-4-16(9-23)6-17(5-15)10-23)27-22(29)19(11-24)12-25-20-3-2-18-13-26-28-21(18)7-20/h2-3,7,12-17,25H,4-6,8-10H2,1H3,(H,26,28)(H,27,29)/b19-12-. The summed E-state index contributed by atoms with van der Waals surface area (Å²) in [4.78, 5) is 12.8. The number of H-pyrrole nitrogens is 1. The SMILES string of the molecule is CC(NC(=O)/C(C#N)=C\Nc1ccc2cn[nH]c2c1)C12CC3CC(CC(C3)C1)C2. The number of rotatable bonds is 5. The predicted molar refractivity (Wildman–Crippen MR) is 112 cm³/mol. The molecule has 29 heavy (non-hydrogen) atoms. The number of anilines is 1. The summed E-state index contributed by atoms with van der Waals surface area (Å²) in [6.45, 7) is 2.14. The third-order valence-corrected chi connectivity index (χ3v) is 7.54. The molecule has 4 aliphatic rings. The number of carbonyl (C=O) groups is 1. The van der Waals surface area contributed by atoms with E-state index in [1.54, 1.807) is 6.20 Å². The van der Waals surface area contributed by atoms with Crippen LogP contribution >= 0.6 is 0 Å². The molecule has 4 aliphatic carbocycles. The smallest absolute Gasteiger partial charge is 0.263 e. The Morgan fingerprint density at radius 3 is 2.62 bits per heavy atom. The molecule has 3 N–H and O–H groups in total. The fourth-order valence-corrected chi connectivity index (χ4v) is 6.47. The van der Waals surface area contributed by atoms with Crippen LogP contribution in [0.25, 0.3) is 10.9 Å². The van der Waals surface area contributed by atoms with E-state index in [0.717, 1.165) is 34.3 Å². The Morgan fingerprint density at radius 1 is 1.28 bits per heavy atom. The van der Waals surface area contributed by atoms with Crippen LogP contribution in [0.5, 0.6) is 0 Å². The lowest BCUT2D eigenvalue weighted by atomic mass is 9.48. The van der Waals surface area contributed by atoms with Crippen molar-refractivity contribution >= 4 is 22.5 Å². The second-order valence-corrected chi connectivity index (χ2v) is 9.46. The van der Waals surface area contributed by atoms with E-state index in [9.17, 15) is 10.1 Å². The van der Waals surface area contributed by atoms with Gasteiger partial charge in [0.1, 0.15) is 11.6 Å². The van der Waals surface area contributed by atoms with Crippen molar-refractivity contribution in [1.82, 2.24) is 15.5 Å². The average Bonchev–Trinajstić information content (AvgIpc) is 3.15. The average molecular weight is 390 g/mol. The lowest BCUT2D eigenvalue weighted by Crippen LogP contribution is -2.56. The highest BCUT2D eigenvalue weighted by Crippen LogP contribution is 2.61. The second-order valence-electron chi connectivity index (χ2n) is 9.46. The molecule has 1 heterocycles. The molecule has 6 heteroatoms. The van der Waals surface area contributed by atoms with E-state index in [1.807, 2.05) is 24.3 Å². The van der Waals surface area contributed by atoms with Crippen LogP contribution in [0.4, 0.5) is 5.69 Å². The zero-order valence-electron chi connectivity index (χ0n) is 16.7. The molecule has 0 spiro atoms. The highest BCUT2D eigenvalue weighted by molar-refractivity contribution is 5.97. The van der Waals surface area contributed by atoms with Gasteiger partial charge >= 0.3 is 0 Å². The van der Waals surface area contributed by atoms with Crippen molar-refractivity contribution in [3.8, 4) is 6.07 Å². The molecule has 150 valence electrons. The predicted octanol–water partition coefficient (Wildman–Crippen LogP) is 4.10. The van der Waals surface area contributed by atoms with Gasteiger partial charge in [0.2, 0.25) is 0 Å². The normalized spacial score (nSPS) is 31.4. The Morgan fingerprint density at radius 2 is 1.97 bits per heavy atom. The van der Waals surface area contributed by atoms with Gasteiger partial charge in [0.05, 0.1) is 11.7 Å². The number of fused-ring (bicyclic) bond motifs is 1. The first-order chi connectivity index (χ1) is 14.0. The van der Waals surface area contributed by atoms with Gasteiger partial charge in [-0.1, -0.05) is 0 Å².